The molecule has 0 aromatic heterocycles. The molecule has 2 N–H and O–H groups in total. The van der Waals surface area contributed by atoms with Crippen LogP contribution in [0.1, 0.15) is 17.3 Å². The fourth-order valence-corrected chi connectivity index (χ4v) is 1.68. The van der Waals surface area contributed by atoms with Gasteiger partial charge in [0, 0.05) is 11.4 Å². The van der Waals surface area contributed by atoms with E-state index in [1.54, 1.807) is 0 Å². The summed E-state index contributed by atoms with van der Waals surface area (Å²) >= 11 is 2.92. The van der Waals surface area contributed by atoms with Crippen molar-refractivity contribution in [2.75, 3.05) is 5.32 Å². The maximum absolute atomic E-state index is 12.9. The molecule has 0 spiro atoms. The molecule has 0 fully saturated rings. The van der Waals surface area contributed by atoms with Crippen molar-refractivity contribution in [3.63, 3.8) is 0 Å². The van der Waals surface area contributed by atoms with Crippen LogP contribution in [0.15, 0.2) is 16.6 Å². The number of nitrogens with one attached hydrogen (secondary N) is 1. The molecule has 0 aliphatic carbocycles. The molecule has 15 heavy (non-hydrogen) atoms. The molecular formula is C9H7BrFNO3. The number of carbonyl (C=O) groups excluding carboxylic acids is 1. The average molecular weight is 276 g/mol. The third-order valence-electron chi connectivity index (χ3n) is 1.58. The minimum absolute atomic E-state index is 0.0677. The lowest BCUT2D eigenvalue weighted by Crippen LogP contribution is -2.11. The van der Waals surface area contributed by atoms with Crippen LogP contribution >= 0.6 is 15.9 Å². The lowest BCUT2D eigenvalue weighted by molar-refractivity contribution is -0.114. The molecule has 0 aliphatic rings. The number of amides is 1. The van der Waals surface area contributed by atoms with E-state index in [-0.39, 0.29) is 15.7 Å². The summed E-state index contributed by atoms with van der Waals surface area (Å²) in [5.74, 6) is -2.34. The molecule has 0 bridgehead atoms. The molecule has 1 aromatic rings. The zero-order valence-corrected chi connectivity index (χ0v) is 9.26. The Labute approximate surface area is 93.2 Å². The van der Waals surface area contributed by atoms with E-state index in [0.29, 0.717) is 0 Å². The normalized spacial score (nSPS) is 9.80. The summed E-state index contributed by atoms with van der Waals surface area (Å²) in [4.78, 5) is 21.6. The second kappa shape index (κ2) is 4.39. The predicted octanol–water partition coefficient (Wildman–Crippen LogP) is 2.24. The van der Waals surface area contributed by atoms with Crippen LogP contribution in [0.25, 0.3) is 0 Å². The zero-order chi connectivity index (χ0) is 11.6. The van der Waals surface area contributed by atoms with E-state index < -0.39 is 17.7 Å². The molecule has 0 heterocycles. The van der Waals surface area contributed by atoms with Crippen LogP contribution in [0.2, 0.25) is 0 Å². The van der Waals surface area contributed by atoms with Crippen LogP contribution in [0.3, 0.4) is 0 Å². The molecule has 1 amide bonds. The number of hydrogen-bond acceptors (Lipinski definition) is 2. The molecule has 80 valence electrons. The van der Waals surface area contributed by atoms with Crippen LogP contribution in [0.5, 0.6) is 0 Å². The molecule has 0 saturated carbocycles. The molecule has 1 aromatic carbocycles. The van der Waals surface area contributed by atoms with E-state index in [0.717, 1.165) is 12.1 Å². The zero-order valence-electron chi connectivity index (χ0n) is 7.67. The lowest BCUT2D eigenvalue weighted by atomic mass is 10.1. The fourth-order valence-electron chi connectivity index (χ4n) is 1.08. The minimum atomic E-state index is -1.24. The van der Waals surface area contributed by atoms with E-state index >= 15 is 0 Å². The van der Waals surface area contributed by atoms with Crippen molar-refractivity contribution in [1.82, 2.24) is 0 Å². The van der Waals surface area contributed by atoms with Crippen LogP contribution < -0.4 is 5.32 Å². The molecule has 0 saturated heterocycles. The molecule has 0 atom stereocenters. The van der Waals surface area contributed by atoms with Gasteiger partial charge in [-0.05, 0) is 28.1 Å². The van der Waals surface area contributed by atoms with E-state index in [1.165, 1.54) is 6.92 Å². The quantitative estimate of drug-likeness (QED) is 0.870. The van der Waals surface area contributed by atoms with Gasteiger partial charge < -0.3 is 10.4 Å². The smallest absolute Gasteiger partial charge is 0.338 e. The van der Waals surface area contributed by atoms with Gasteiger partial charge in [0.2, 0.25) is 5.91 Å². The summed E-state index contributed by atoms with van der Waals surface area (Å²) in [6.45, 7) is 1.21. The Balaban J connectivity index is 3.33. The monoisotopic (exact) mass is 275 g/mol. The van der Waals surface area contributed by atoms with Crippen molar-refractivity contribution in [3.8, 4) is 0 Å². The summed E-state index contributed by atoms with van der Waals surface area (Å²) in [5.41, 5.74) is -0.242. The number of benzene rings is 1. The number of halogens is 2. The highest BCUT2D eigenvalue weighted by atomic mass is 79.9. The Hall–Kier alpha value is -1.43. The molecule has 6 heteroatoms. The molecule has 1 rings (SSSR count). The van der Waals surface area contributed by atoms with Gasteiger partial charge in [-0.1, -0.05) is 0 Å². The average Bonchev–Trinajstić information content (AvgIpc) is 1.99. The highest BCUT2D eigenvalue weighted by Crippen LogP contribution is 2.26. The number of carboxylic acids is 1. The molecule has 0 radical (unpaired) electrons. The van der Waals surface area contributed by atoms with Crippen LogP contribution in [-0.2, 0) is 4.79 Å². The van der Waals surface area contributed by atoms with Gasteiger partial charge in [-0.2, -0.15) is 0 Å². The maximum Gasteiger partial charge on any atom is 0.338 e. The Kier molecular flexibility index (Phi) is 3.41. The van der Waals surface area contributed by atoms with Gasteiger partial charge in [-0.25, -0.2) is 9.18 Å². The number of carboxylic acid groups (broad SMARTS) is 1. The molecular weight excluding hydrogens is 269 g/mol. The molecule has 4 nitrogen and oxygen atoms in total. The Morgan fingerprint density at radius 2 is 2.07 bits per heavy atom. The van der Waals surface area contributed by atoms with Crippen LogP contribution in [0, 0.1) is 5.82 Å². The van der Waals surface area contributed by atoms with Crippen LogP contribution in [0.4, 0.5) is 10.1 Å². The first-order valence-corrected chi connectivity index (χ1v) is 4.71. The Morgan fingerprint density at radius 3 is 2.53 bits per heavy atom. The summed E-state index contributed by atoms with van der Waals surface area (Å²) < 4.78 is 13.0. The molecule has 0 unspecified atom stereocenters. The van der Waals surface area contributed by atoms with E-state index in [2.05, 4.69) is 21.2 Å². The number of rotatable bonds is 2. The minimum Gasteiger partial charge on any atom is -0.478 e. The van der Waals surface area contributed by atoms with Gasteiger partial charge in [0.1, 0.15) is 5.82 Å². The second-order valence-corrected chi connectivity index (χ2v) is 3.65. The summed E-state index contributed by atoms with van der Waals surface area (Å²) in [6.07, 6.45) is 0. The first kappa shape index (κ1) is 11.6. The summed E-state index contributed by atoms with van der Waals surface area (Å²) in [5, 5.41) is 11.1. The number of aromatic carboxylic acids is 1. The largest absolute Gasteiger partial charge is 0.478 e. The topological polar surface area (TPSA) is 66.4 Å². The van der Waals surface area contributed by atoms with Crippen molar-refractivity contribution in [2.24, 2.45) is 0 Å². The SMILES string of the molecule is CC(=O)Nc1cc(F)cc(Br)c1C(=O)O. The van der Waals surface area contributed by atoms with Gasteiger partial charge in [0.25, 0.3) is 0 Å². The highest BCUT2D eigenvalue weighted by Gasteiger charge is 2.16. The van der Waals surface area contributed by atoms with Crippen molar-refractivity contribution in [1.29, 1.82) is 0 Å². The van der Waals surface area contributed by atoms with Crippen molar-refractivity contribution in [3.05, 3.63) is 28.0 Å². The van der Waals surface area contributed by atoms with Gasteiger partial charge in [-0.3, -0.25) is 4.79 Å². The third-order valence-corrected chi connectivity index (χ3v) is 2.20. The number of anilines is 1. The van der Waals surface area contributed by atoms with Crippen molar-refractivity contribution in [2.45, 2.75) is 6.92 Å². The summed E-state index contributed by atoms with van der Waals surface area (Å²) in [7, 11) is 0. The molecule has 0 aliphatic heterocycles. The standard InChI is InChI=1S/C9H7BrFNO3/c1-4(13)12-7-3-5(11)2-6(10)8(7)9(14)15/h2-3H,1H3,(H,12,13)(H,14,15). The number of carbonyl (C=O) groups is 2. The number of hydrogen-bond donors (Lipinski definition) is 2. The van der Waals surface area contributed by atoms with E-state index in [4.69, 9.17) is 5.11 Å². The van der Waals surface area contributed by atoms with Gasteiger partial charge in [-0.15, -0.1) is 0 Å². The lowest BCUT2D eigenvalue weighted by Gasteiger charge is -2.08. The van der Waals surface area contributed by atoms with Gasteiger partial charge in [0.05, 0.1) is 11.3 Å². The predicted molar refractivity (Wildman–Crippen MR) is 55.4 cm³/mol. The highest BCUT2D eigenvalue weighted by molar-refractivity contribution is 9.10. The Bertz CT molecular complexity index is 434. The third kappa shape index (κ3) is 2.76. The van der Waals surface area contributed by atoms with Crippen molar-refractivity contribution < 1.29 is 19.1 Å². The van der Waals surface area contributed by atoms with E-state index in [1.807, 2.05) is 0 Å². The maximum atomic E-state index is 12.9. The van der Waals surface area contributed by atoms with Gasteiger partial charge >= 0.3 is 5.97 Å². The first-order valence-electron chi connectivity index (χ1n) is 3.91. The van der Waals surface area contributed by atoms with Gasteiger partial charge in [0.15, 0.2) is 0 Å². The van der Waals surface area contributed by atoms with Crippen LogP contribution in [-0.4, -0.2) is 17.0 Å². The van der Waals surface area contributed by atoms with Crippen molar-refractivity contribution >= 4 is 33.5 Å². The summed E-state index contributed by atoms with van der Waals surface area (Å²) in [6, 6.07) is 1.98. The second-order valence-electron chi connectivity index (χ2n) is 2.80. The van der Waals surface area contributed by atoms with E-state index in [9.17, 15) is 14.0 Å². The Morgan fingerprint density at radius 1 is 1.47 bits per heavy atom. The first-order chi connectivity index (χ1) is 6.91. The fraction of sp³-hybridized carbons (Fsp3) is 0.111.